The second kappa shape index (κ2) is 4.08. The molecule has 2 aliphatic rings. The lowest BCUT2D eigenvalue weighted by Gasteiger charge is -2.16. The summed E-state index contributed by atoms with van der Waals surface area (Å²) < 4.78 is 6.04. The van der Waals surface area contributed by atoms with E-state index < -0.39 is 0 Å². The summed E-state index contributed by atoms with van der Waals surface area (Å²) in [7, 11) is 0. The van der Waals surface area contributed by atoms with Crippen LogP contribution in [0.15, 0.2) is 4.42 Å². The first-order valence-electron chi connectivity index (χ1n) is 7.05. The lowest BCUT2D eigenvalue weighted by Crippen LogP contribution is -2.23. The largest absolute Gasteiger partial charge is 0.451 e. The van der Waals surface area contributed by atoms with Crippen LogP contribution in [0, 0.1) is 6.92 Å². The molecule has 1 fully saturated rings. The molecular weight excluding hydrogens is 238 g/mol. The van der Waals surface area contributed by atoms with Crippen LogP contribution in [-0.2, 0) is 0 Å². The maximum atomic E-state index is 6.04. The van der Waals surface area contributed by atoms with Crippen molar-refractivity contribution in [2.24, 2.45) is 0 Å². The minimum Gasteiger partial charge on any atom is -0.451 e. The zero-order chi connectivity index (χ0) is 12.8. The molecule has 1 aliphatic carbocycles. The molecule has 0 saturated carbocycles. The van der Waals surface area contributed by atoms with Gasteiger partial charge in [0.2, 0.25) is 0 Å². The van der Waals surface area contributed by atoms with Crippen molar-refractivity contribution in [1.82, 2.24) is 9.97 Å². The molecule has 0 spiro atoms. The van der Waals surface area contributed by atoms with Gasteiger partial charge in [-0.05, 0) is 38.7 Å². The van der Waals surface area contributed by atoms with Gasteiger partial charge in [-0.15, -0.1) is 0 Å². The van der Waals surface area contributed by atoms with E-state index in [-0.39, 0.29) is 0 Å². The summed E-state index contributed by atoms with van der Waals surface area (Å²) in [4.78, 5) is 11.5. The van der Waals surface area contributed by atoms with Gasteiger partial charge in [0.05, 0.1) is 0 Å². The number of aromatic nitrogens is 2. The topological polar surface area (TPSA) is 42.2 Å². The average molecular weight is 255 g/mol. The van der Waals surface area contributed by atoms with Crippen LogP contribution < -0.4 is 15.5 Å². The van der Waals surface area contributed by atoms with Gasteiger partial charge in [0.15, 0.2) is 11.4 Å². The maximum Gasteiger partial charge on any atom is 0.196 e. The fraction of sp³-hybridized carbons (Fsp3) is 0.467. The number of hydrogen-bond acceptors (Lipinski definition) is 4. The van der Waals surface area contributed by atoms with Crippen molar-refractivity contribution in [3.8, 4) is 0 Å². The Bertz CT molecular complexity index is 754. The number of nitrogens with zero attached hydrogens (tertiary/aromatic N) is 3. The van der Waals surface area contributed by atoms with E-state index in [4.69, 9.17) is 4.42 Å². The van der Waals surface area contributed by atoms with Crippen LogP contribution in [0.3, 0.4) is 0 Å². The number of anilines is 1. The van der Waals surface area contributed by atoms with Crippen molar-refractivity contribution in [2.45, 2.75) is 32.6 Å². The smallest absolute Gasteiger partial charge is 0.196 e. The van der Waals surface area contributed by atoms with Crippen LogP contribution in [0.25, 0.3) is 23.3 Å². The van der Waals surface area contributed by atoms with Gasteiger partial charge in [-0.3, -0.25) is 0 Å². The second-order valence-corrected chi connectivity index (χ2v) is 5.33. The number of rotatable bonds is 1. The number of furan rings is 1. The van der Waals surface area contributed by atoms with Crippen LogP contribution in [0.2, 0.25) is 0 Å². The van der Waals surface area contributed by atoms with E-state index in [0.717, 1.165) is 59.3 Å². The van der Waals surface area contributed by atoms with Crippen LogP contribution in [0.4, 0.5) is 5.82 Å². The lowest BCUT2D eigenvalue weighted by atomic mass is 10.1. The zero-order valence-corrected chi connectivity index (χ0v) is 11.1. The Morgan fingerprint density at radius 2 is 1.89 bits per heavy atom. The first-order chi connectivity index (χ1) is 9.33. The summed E-state index contributed by atoms with van der Waals surface area (Å²) in [5, 5.41) is 1.16. The molecule has 4 nitrogen and oxygen atoms in total. The van der Waals surface area contributed by atoms with E-state index >= 15 is 0 Å². The Kier molecular flexibility index (Phi) is 2.37. The highest BCUT2D eigenvalue weighted by molar-refractivity contribution is 5.85. The fourth-order valence-electron chi connectivity index (χ4n) is 3.04. The third kappa shape index (κ3) is 1.66. The van der Waals surface area contributed by atoms with Gasteiger partial charge >= 0.3 is 0 Å². The van der Waals surface area contributed by atoms with Crippen molar-refractivity contribution in [1.29, 1.82) is 0 Å². The zero-order valence-electron chi connectivity index (χ0n) is 11.1. The first-order valence-corrected chi connectivity index (χ1v) is 7.05. The minimum absolute atomic E-state index is 0.831. The van der Waals surface area contributed by atoms with Crippen LogP contribution >= 0.6 is 0 Å². The Balaban J connectivity index is 2.06. The summed E-state index contributed by atoms with van der Waals surface area (Å²) in [6.45, 7) is 4.11. The molecular formula is C15H17N3O. The van der Waals surface area contributed by atoms with Crippen molar-refractivity contribution < 1.29 is 4.42 Å². The van der Waals surface area contributed by atoms with Crippen molar-refractivity contribution >= 4 is 29.1 Å². The van der Waals surface area contributed by atoms with Crippen molar-refractivity contribution in [3.63, 3.8) is 0 Å². The standard InChI is InChI=1S/C15H17N3O/c1-10-16-13-11-6-2-3-7-12(11)19-14(13)15(17-10)18-8-4-5-9-18/h6-7H,2-5,8-9H2,1H3. The summed E-state index contributed by atoms with van der Waals surface area (Å²) in [6, 6.07) is 0. The molecule has 0 radical (unpaired) electrons. The van der Waals surface area contributed by atoms with Crippen LogP contribution in [0.5, 0.6) is 0 Å². The summed E-state index contributed by atoms with van der Waals surface area (Å²) in [5.41, 5.74) is 2.83. The van der Waals surface area contributed by atoms with Gasteiger partial charge in [0.25, 0.3) is 0 Å². The number of aryl methyl sites for hydroxylation is 1. The van der Waals surface area contributed by atoms with Crippen molar-refractivity contribution in [2.75, 3.05) is 18.0 Å². The molecule has 1 saturated heterocycles. The molecule has 2 aromatic heterocycles. The molecule has 19 heavy (non-hydrogen) atoms. The molecule has 0 atom stereocenters. The minimum atomic E-state index is 0.831. The summed E-state index contributed by atoms with van der Waals surface area (Å²) in [6.07, 6.45) is 9.01. The van der Waals surface area contributed by atoms with Gasteiger partial charge in [-0.1, -0.05) is 6.08 Å². The monoisotopic (exact) mass is 255 g/mol. The fourth-order valence-corrected chi connectivity index (χ4v) is 3.04. The normalized spacial score (nSPS) is 18.3. The molecule has 98 valence electrons. The molecule has 0 bridgehead atoms. The molecule has 2 aromatic rings. The lowest BCUT2D eigenvalue weighted by molar-refractivity contribution is 0.569. The van der Waals surface area contributed by atoms with Gasteiger partial charge in [0.1, 0.15) is 16.8 Å². The predicted octanol–water partition coefficient (Wildman–Crippen LogP) is 1.49. The molecule has 0 unspecified atom stereocenters. The molecule has 4 rings (SSSR count). The average Bonchev–Trinajstić information content (AvgIpc) is 3.05. The van der Waals surface area contributed by atoms with Gasteiger partial charge < -0.3 is 9.32 Å². The van der Waals surface area contributed by atoms with Crippen LogP contribution in [0.1, 0.15) is 31.5 Å². The van der Waals surface area contributed by atoms with Gasteiger partial charge in [-0.25, -0.2) is 9.97 Å². The first kappa shape index (κ1) is 11.0. The second-order valence-electron chi connectivity index (χ2n) is 5.33. The highest BCUT2D eigenvalue weighted by Crippen LogP contribution is 2.25. The van der Waals surface area contributed by atoms with Gasteiger partial charge in [-0.2, -0.15) is 0 Å². The predicted molar refractivity (Wildman–Crippen MR) is 75.4 cm³/mol. The molecule has 3 heterocycles. The molecule has 4 heteroatoms. The van der Waals surface area contributed by atoms with E-state index in [1.54, 1.807) is 0 Å². The number of fused-ring (bicyclic) bond motifs is 3. The Hall–Kier alpha value is -1.84. The van der Waals surface area contributed by atoms with E-state index in [1.807, 2.05) is 6.92 Å². The number of hydrogen-bond donors (Lipinski definition) is 0. The Morgan fingerprint density at radius 3 is 2.74 bits per heavy atom. The highest BCUT2D eigenvalue weighted by atomic mass is 16.3. The quantitative estimate of drug-likeness (QED) is 0.774. The summed E-state index contributed by atoms with van der Waals surface area (Å²) in [5.74, 6) is 1.81. The highest BCUT2D eigenvalue weighted by Gasteiger charge is 2.21. The molecule has 1 aliphatic heterocycles. The van der Waals surface area contributed by atoms with E-state index in [2.05, 4.69) is 27.0 Å². The van der Waals surface area contributed by atoms with E-state index in [9.17, 15) is 0 Å². The van der Waals surface area contributed by atoms with E-state index in [0.29, 0.717) is 0 Å². The third-order valence-electron chi connectivity index (χ3n) is 3.94. The molecule has 0 amide bonds. The Morgan fingerprint density at radius 1 is 1.11 bits per heavy atom. The Labute approximate surface area is 111 Å². The maximum absolute atomic E-state index is 6.04. The molecule has 0 aromatic carbocycles. The SMILES string of the molecule is Cc1nc(N2CCCC2)c2oc3c(c2n1)=CCCC=3. The third-order valence-corrected chi connectivity index (χ3v) is 3.94. The van der Waals surface area contributed by atoms with Crippen LogP contribution in [-0.4, -0.2) is 23.1 Å². The van der Waals surface area contributed by atoms with Crippen molar-refractivity contribution in [3.05, 3.63) is 16.5 Å². The van der Waals surface area contributed by atoms with Gasteiger partial charge in [0, 0.05) is 18.3 Å². The molecule has 0 N–H and O–H groups in total. The summed E-state index contributed by atoms with van der Waals surface area (Å²) >= 11 is 0. The van der Waals surface area contributed by atoms with E-state index in [1.165, 1.54) is 12.8 Å².